The van der Waals surface area contributed by atoms with Gasteiger partial charge in [0, 0.05) is 12.5 Å². The van der Waals surface area contributed by atoms with Gasteiger partial charge in [-0.3, -0.25) is 5.32 Å². The number of hydrogen-bond donors (Lipinski definition) is 1. The van der Waals surface area contributed by atoms with Crippen LogP contribution in [0.2, 0.25) is 0 Å². The number of benzene rings is 1. The molecule has 1 N–H and O–H groups in total. The Morgan fingerprint density at radius 1 is 1.45 bits per heavy atom. The molecule has 3 rings (SSSR count). The highest BCUT2D eigenvalue weighted by molar-refractivity contribution is 5.47. The quantitative estimate of drug-likeness (QED) is 0.912. The molecule has 1 aromatic carbocycles. The number of ether oxygens (including phenoxy) is 3. The lowest BCUT2D eigenvalue weighted by molar-refractivity contribution is 0.173. The second kappa shape index (κ2) is 5.22. The van der Waals surface area contributed by atoms with Crippen LogP contribution in [0.3, 0.4) is 0 Å². The summed E-state index contributed by atoms with van der Waals surface area (Å²) in [6.07, 6.45) is 2.49. The second-order valence-corrected chi connectivity index (χ2v) is 5.22. The third kappa shape index (κ3) is 2.39. The van der Waals surface area contributed by atoms with Crippen LogP contribution in [0.15, 0.2) is 18.2 Å². The van der Waals surface area contributed by atoms with Gasteiger partial charge in [-0.05, 0) is 31.5 Å². The molecular formula is C15H18N2O3. The number of nitrogens with zero attached hydrogens (tertiary/aromatic N) is 1. The molecule has 2 aliphatic rings. The molecule has 5 heteroatoms. The van der Waals surface area contributed by atoms with Gasteiger partial charge >= 0.3 is 0 Å². The second-order valence-electron chi connectivity index (χ2n) is 5.22. The van der Waals surface area contributed by atoms with Gasteiger partial charge in [0.2, 0.25) is 6.79 Å². The Labute approximate surface area is 118 Å². The van der Waals surface area contributed by atoms with E-state index in [1.807, 2.05) is 25.1 Å². The molecule has 1 fully saturated rings. The lowest BCUT2D eigenvalue weighted by Crippen LogP contribution is -2.42. The largest absolute Gasteiger partial charge is 0.490 e. The zero-order chi connectivity index (χ0) is 14.0. The summed E-state index contributed by atoms with van der Waals surface area (Å²) in [6, 6.07) is 7.99. The van der Waals surface area contributed by atoms with Crippen LogP contribution in [0.1, 0.15) is 26.2 Å². The molecule has 0 bridgehead atoms. The van der Waals surface area contributed by atoms with Crippen molar-refractivity contribution in [2.45, 2.75) is 37.8 Å². The molecule has 106 valence electrons. The minimum Gasteiger partial charge on any atom is -0.490 e. The van der Waals surface area contributed by atoms with Crippen molar-refractivity contribution >= 4 is 0 Å². The van der Waals surface area contributed by atoms with E-state index in [1.54, 1.807) is 0 Å². The molecule has 5 nitrogen and oxygen atoms in total. The Bertz CT molecular complexity index is 540. The van der Waals surface area contributed by atoms with Gasteiger partial charge in [-0.15, -0.1) is 0 Å². The van der Waals surface area contributed by atoms with Crippen LogP contribution in [0.5, 0.6) is 17.2 Å². The molecular weight excluding hydrogens is 256 g/mol. The first-order valence-corrected chi connectivity index (χ1v) is 6.97. The van der Waals surface area contributed by atoms with Crippen molar-refractivity contribution in [3.8, 4) is 23.3 Å². The maximum Gasteiger partial charge on any atom is 0.231 e. The summed E-state index contributed by atoms with van der Waals surface area (Å²) in [5, 5.41) is 12.6. The molecule has 0 aromatic heterocycles. The van der Waals surface area contributed by atoms with Crippen LogP contribution < -0.4 is 19.5 Å². The van der Waals surface area contributed by atoms with Crippen molar-refractivity contribution in [3.63, 3.8) is 0 Å². The molecule has 1 heterocycles. The Morgan fingerprint density at radius 2 is 2.30 bits per heavy atom. The van der Waals surface area contributed by atoms with Gasteiger partial charge in [-0.1, -0.05) is 6.92 Å². The first-order valence-electron chi connectivity index (χ1n) is 6.97. The Morgan fingerprint density at radius 3 is 3.10 bits per heavy atom. The van der Waals surface area contributed by atoms with Crippen LogP contribution in [-0.4, -0.2) is 25.0 Å². The fraction of sp³-hybridized carbons (Fsp3) is 0.533. The summed E-state index contributed by atoms with van der Waals surface area (Å²) < 4.78 is 16.6. The van der Waals surface area contributed by atoms with Crippen molar-refractivity contribution in [2.75, 3.05) is 13.3 Å². The van der Waals surface area contributed by atoms with Gasteiger partial charge in [0.05, 0.1) is 6.07 Å². The van der Waals surface area contributed by atoms with E-state index < -0.39 is 5.54 Å². The van der Waals surface area contributed by atoms with Gasteiger partial charge in [-0.2, -0.15) is 5.26 Å². The van der Waals surface area contributed by atoms with Crippen molar-refractivity contribution in [2.24, 2.45) is 0 Å². The average molecular weight is 274 g/mol. The summed E-state index contributed by atoms with van der Waals surface area (Å²) in [5.74, 6) is 2.24. The fourth-order valence-electron chi connectivity index (χ4n) is 2.88. The number of nitrogens with one attached hydrogen (secondary N) is 1. The summed E-state index contributed by atoms with van der Waals surface area (Å²) in [7, 11) is 0. The molecule has 1 aliphatic heterocycles. The van der Waals surface area contributed by atoms with E-state index in [-0.39, 0.29) is 12.9 Å². The maximum absolute atomic E-state index is 9.35. The van der Waals surface area contributed by atoms with E-state index >= 15 is 0 Å². The predicted molar refractivity (Wildman–Crippen MR) is 72.9 cm³/mol. The minimum atomic E-state index is -0.435. The number of fused-ring (bicyclic) bond motifs is 1. The smallest absolute Gasteiger partial charge is 0.231 e. The first-order chi connectivity index (χ1) is 9.74. The topological polar surface area (TPSA) is 63.5 Å². The average Bonchev–Trinajstić information content (AvgIpc) is 3.06. The summed E-state index contributed by atoms with van der Waals surface area (Å²) in [5.41, 5.74) is -0.435. The Hall–Kier alpha value is -1.93. The van der Waals surface area contributed by atoms with Gasteiger partial charge in [0.25, 0.3) is 0 Å². The number of hydrogen-bond acceptors (Lipinski definition) is 5. The molecule has 1 saturated carbocycles. The van der Waals surface area contributed by atoms with E-state index in [2.05, 4.69) is 11.4 Å². The Balaban J connectivity index is 1.66. The maximum atomic E-state index is 9.35. The normalized spacial score (nSPS) is 27.3. The van der Waals surface area contributed by atoms with Crippen LogP contribution in [0.25, 0.3) is 0 Å². The third-order valence-corrected chi connectivity index (χ3v) is 3.85. The number of nitriles is 1. The first kappa shape index (κ1) is 13.1. The van der Waals surface area contributed by atoms with Gasteiger partial charge in [0.15, 0.2) is 11.5 Å². The van der Waals surface area contributed by atoms with Crippen molar-refractivity contribution in [1.82, 2.24) is 5.32 Å². The van der Waals surface area contributed by atoms with E-state index in [4.69, 9.17) is 14.2 Å². The standard InChI is InChI=1S/C15H18N2O3/c1-2-17-15(9-16)6-5-12(8-15)20-11-3-4-13-14(7-11)19-10-18-13/h3-4,7,12,17H,2,5-6,8,10H2,1H3. The van der Waals surface area contributed by atoms with Crippen molar-refractivity contribution in [3.05, 3.63) is 18.2 Å². The molecule has 1 aromatic rings. The lowest BCUT2D eigenvalue weighted by Gasteiger charge is -2.22. The van der Waals surface area contributed by atoms with Crippen LogP contribution in [-0.2, 0) is 0 Å². The summed E-state index contributed by atoms with van der Waals surface area (Å²) in [4.78, 5) is 0. The highest BCUT2D eigenvalue weighted by atomic mass is 16.7. The molecule has 0 amide bonds. The van der Waals surface area contributed by atoms with Crippen molar-refractivity contribution in [1.29, 1.82) is 5.26 Å². The van der Waals surface area contributed by atoms with Crippen molar-refractivity contribution < 1.29 is 14.2 Å². The fourth-order valence-corrected chi connectivity index (χ4v) is 2.88. The van der Waals surface area contributed by atoms with E-state index in [0.29, 0.717) is 6.42 Å². The third-order valence-electron chi connectivity index (χ3n) is 3.85. The van der Waals surface area contributed by atoms with Crippen LogP contribution in [0, 0.1) is 11.3 Å². The molecule has 0 radical (unpaired) electrons. The van der Waals surface area contributed by atoms with Crippen LogP contribution in [0.4, 0.5) is 0 Å². The van der Waals surface area contributed by atoms with Gasteiger partial charge in [-0.25, -0.2) is 0 Å². The van der Waals surface area contributed by atoms with E-state index in [0.717, 1.165) is 36.6 Å². The zero-order valence-electron chi connectivity index (χ0n) is 11.5. The monoisotopic (exact) mass is 274 g/mol. The molecule has 0 saturated heterocycles. The molecule has 1 aliphatic carbocycles. The molecule has 0 spiro atoms. The minimum absolute atomic E-state index is 0.0640. The SMILES string of the molecule is CCNC1(C#N)CCC(Oc2ccc3c(c2)OCO3)C1. The highest BCUT2D eigenvalue weighted by Crippen LogP contribution is 2.37. The van der Waals surface area contributed by atoms with Gasteiger partial charge < -0.3 is 14.2 Å². The van der Waals surface area contributed by atoms with E-state index in [9.17, 15) is 5.26 Å². The summed E-state index contributed by atoms with van der Waals surface area (Å²) in [6.45, 7) is 3.08. The van der Waals surface area contributed by atoms with Gasteiger partial charge in [0.1, 0.15) is 17.4 Å². The summed E-state index contributed by atoms with van der Waals surface area (Å²) >= 11 is 0. The number of rotatable bonds is 4. The zero-order valence-corrected chi connectivity index (χ0v) is 11.5. The molecule has 20 heavy (non-hydrogen) atoms. The molecule has 2 unspecified atom stereocenters. The predicted octanol–water partition coefficient (Wildman–Crippen LogP) is 2.22. The Kier molecular flexibility index (Phi) is 3.41. The highest BCUT2D eigenvalue weighted by Gasteiger charge is 2.40. The molecule has 2 atom stereocenters. The lowest BCUT2D eigenvalue weighted by atomic mass is 10.00. The van der Waals surface area contributed by atoms with Crippen LogP contribution >= 0.6 is 0 Å². The van der Waals surface area contributed by atoms with E-state index in [1.165, 1.54) is 0 Å².